The van der Waals surface area contributed by atoms with Gasteiger partial charge in [-0.15, -0.1) is 0 Å². The van der Waals surface area contributed by atoms with E-state index in [0.29, 0.717) is 23.2 Å². The molecule has 0 fully saturated rings. The summed E-state index contributed by atoms with van der Waals surface area (Å²) in [5.41, 5.74) is 3.15. The van der Waals surface area contributed by atoms with Crippen molar-refractivity contribution in [3.63, 3.8) is 0 Å². The Morgan fingerprint density at radius 2 is 1.71 bits per heavy atom. The Bertz CT molecular complexity index is 1510. The summed E-state index contributed by atoms with van der Waals surface area (Å²) in [6.45, 7) is 4.08. The van der Waals surface area contributed by atoms with Crippen molar-refractivity contribution in [2.75, 3.05) is 10.8 Å². The summed E-state index contributed by atoms with van der Waals surface area (Å²) in [4.78, 5) is 11.5. The summed E-state index contributed by atoms with van der Waals surface area (Å²) >= 11 is 0. The molecule has 1 N–H and O–H groups in total. The Kier molecular flexibility index (Phi) is 6.33. The monoisotopic (exact) mass is 543 g/mol. The molecule has 0 saturated carbocycles. The molecule has 0 spiro atoms. The molecule has 1 aliphatic carbocycles. The average molecular weight is 544 g/mol. The summed E-state index contributed by atoms with van der Waals surface area (Å²) < 4.78 is 68.1. The number of alkyl halides is 3. The number of hydrogen-bond donors (Lipinski definition) is 1. The third kappa shape index (κ3) is 4.68. The van der Waals surface area contributed by atoms with E-state index in [4.69, 9.17) is 0 Å². The van der Waals surface area contributed by atoms with Crippen molar-refractivity contribution in [1.29, 1.82) is 0 Å². The highest BCUT2D eigenvalue weighted by molar-refractivity contribution is 7.92. The molecule has 5 nitrogen and oxygen atoms in total. The molecule has 200 valence electrons. The van der Waals surface area contributed by atoms with Crippen molar-refractivity contribution in [3.8, 4) is 11.1 Å². The van der Waals surface area contributed by atoms with E-state index in [-0.39, 0.29) is 23.8 Å². The average Bonchev–Trinajstić information content (AvgIpc) is 3.14. The van der Waals surface area contributed by atoms with Gasteiger partial charge >= 0.3 is 12.1 Å². The zero-order chi connectivity index (χ0) is 27.5. The summed E-state index contributed by atoms with van der Waals surface area (Å²) in [5, 5.41) is 9.34. The predicted molar refractivity (Wildman–Crippen MR) is 139 cm³/mol. The lowest BCUT2D eigenvalue weighted by molar-refractivity contribution is -0.138. The fourth-order valence-corrected chi connectivity index (χ4v) is 7.34. The van der Waals surface area contributed by atoms with Gasteiger partial charge in [0.25, 0.3) is 10.0 Å². The highest BCUT2D eigenvalue weighted by Gasteiger charge is 2.42. The number of sulfonamides is 1. The first-order valence-corrected chi connectivity index (χ1v) is 13.9. The minimum Gasteiger partial charge on any atom is -0.481 e. The first-order chi connectivity index (χ1) is 17.8. The van der Waals surface area contributed by atoms with E-state index >= 15 is 0 Å². The second kappa shape index (κ2) is 9.15. The van der Waals surface area contributed by atoms with Crippen molar-refractivity contribution in [3.05, 3.63) is 82.9 Å². The van der Waals surface area contributed by atoms with Gasteiger partial charge in [0.15, 0.2) is 0 Å². The molecule has 0 saturated heterocycles. The van der Waals surface area contributed by atoms with Crippen LogP contribution in [0, 0.1) is 0 Å². The number of carboxylic acids is 1. The maximum absolute atomic E-state index is 13.9. The van der Waals surface area contributed by atoms with E-state index in [1.807, 2.05) is 19.9 Å². The largest absolute Gasteiger partial charge is 0.481 e. The number of aliphatic carboxylic acids is 1. The predicted octanol–water partition coefficient (Wildman–Crippen LogP) is 6.75. The van der Waals surface area contributed by atoms with Crippen LogP contribution in [0.3, 0.4) is 0 Å². The van der Waals surface area contributed by atoms with Crippen LogP contribution in [-0.4, -0.2) is 26.0 Å². The number of anilines is 1. The highest BCUT2D eigenvalue weighted by atomic mass is 32.2. The van der Waals surface area contributed by atoms with Crippen molar-refractivity contribution < 1.29 is 31.5 Å². The molecular formula is C29H28F3NO4S. The minimum absolute atomic E-state index is 0.0389. The zero-order valence-electron chi connectivity index (χ0n) is 21.0. The number of carboxylic acid groups (broad SMARTS) is 1. The van der Waals surface area contributed by atoms with Gasteiger partial charge in [-0.05, 0) is 89.4 Å². The Balaban J connectivity index is 1.51. The highest BCUT2D eigenvalue weighted by Crippen LogP contribution is 2.45. The minimum atomic E-state index is -4.42. The van der Waals surface area contributed by atoms with Gasteiger partial charge in [-0.1, -0.05) is 38.1 Å². The Hall–Kier alpha value is -3.33. The fourth-order valence-electron chi connectivity index (χ4n) is 5.66. The van der Waals surface area contributed by atoms with E-state index in [9.17, 15) is 31.5 Å². The number of halogens is 3. The second-order valence-electron chi connectivity index (χ2n) is 10.8. The number of fused-ring (bicyclic) bond motifs is 2. The first-order valence-electron chi connectivity index (χ1n) is 12.5. The van der Waals surface area contributed by atoms with Crippen molar-refractivity contribution >= 4 is 21.7 Å². The molecule has 0 amide bonds. The van der Waals surface area contributed by atoms with Crippen molar-refractivity contribution in [2.24, 2.45) is 0 Å². The van der Waals surface area contributed by atoms with Crippen LogP contribution < -0.4 is 4.31 Å². The molecule has 3 aromatic rings. The first kappa shape index (κ1) is 26.3. The lowest BCUT2D eigenvalue weighted by atomic mass is 9.81. The van der Waals surface area contributed by atoms with Gasteiger partial charge < -0.3 is 5.11 Å². The van der Waals surface area contributed by atoms with E-state index < -0.39 is 33.1 Å². The maximum atomic E-state index is 13.9. The Labute approximate surface area is 220 Å². The summed E-state index contributed by atoms with van der Waals surface area (Å²) in [7, 11) is -3.95. The van der Waals surface area contributed by atoms with Gasteiger partial charge in [-0.2, -0.15) is 13.2 Å². The van der Waals surface area contributed by atoms with Crippen LogP contribution in [-0.2, 0) is 32.8 Å². The smallest absolute Gasteiger partial charge is 0.416 e. The third-order valence-electron chi connectivity index (χ3n) is 7.64. The lowest BCUT2D eigenvalue weighted by Gasteiger charge is -2.27. The molecule has 9 heteroatoms. The molecular weight excluding hydrogens is 515 g/mol. The third-order valence-corrected chi connectivity index (χ3v) is 9.40. The van der Waals surface area contributed by atoms with Gasteiger partial charge in [-0.3, -0.25) is 9.10 Å². The standard InChI is InChI=1S/C29H28F3NO4S/c1-28(2)17-33(26-13-9-20(14-25(26)28)18-6-10-22(11-7-18)29(30,31)32)38(36,37)23-12-8-19-4-3-5-21(15-27(34)35)24(19)16-23/h6-14,16,21H,3-5,15,17H2,1-2H3,(H,34,35). The molecule has 5 rings (SSSR count). The van der Waals surface area contributed by atoms with Crippen LogP contribution in [0.4, 0.5) is 18.9 Å². The van der Waals surface area contributed by atoms with Gasteiger partial charge in [0, 0.05) is 12.0 Å². The van der Waals surface area contributed by atoms with Crippen LogP contribution in [0.1, 0.15) is 61.3 Å². The molecule has 3 aromatic carbocycles. The molecule has 1 atom stereocenters. The summed E-state index contributed by atoms with van der Waals surface area (Å²) in [5.74, 6) is -1.13. The number of carbonyl (C=O) groups is 1. The van der Waals surface area contributed by atoms with Crippen LogP contribution in [0.2, 0.25) is 0 Å². The van der Waals surface area contributed by atoms with E-state index in [1.165, 1.54) is 16.4 Å². The van der Waals surface area contributed by atoms with E-state index in [0.717, 1.165) is 41.7 Å². The number of aryl methyl sites for hydroxylation is 1. The van der Waals surface area contributed by atoms with E-state index in [1.54, 1.807) is 30.3 Å². The van der Waals surface area contributed by atoms with Gasteiger partial charge in [-0.25, -0.2) is 8.42 Å². The van der Waals surface area contributed by atoms with Crippen molar-refractivity contribution in [1.82, 2.24) is 0 Å². The van der Waals surface area contributed by atoms with Gasteiger partial charge in [0.1, 0.15) is 0 Å². The van der Waals surface area contributed by atoms with Crippen LogP contribution >= 0.6 is 0 Å². The fraction of sp³-hybridized carbons (Fsp3) is 0.345. The topological polar surface area (TPSA) is 74.7 Å². The van der Waals surface area contributed by atoms with Crippen LogP contribution in [0.5, 0.6) is 0 Å². The quantitative estimate of drug-likeness (QED) is 0.386. The molecule has 1 unspecified atom stereocenters. The SMILES string of the molecule is CC1(C)CN(S(=O)(=O)c2ccc3c(c2)C(CC(=O)O)CCC3)c2ccc(-c3ccc(C(F)(F)F)cc3)cc21. The maximum Gasteiger partial charge on any atom is 0.416 e. The Morgan fingerprint density at radius 1 is 1.03 bits per heavy atom. The summed E-state index contributed by atoms with van der Waals surface area (Å²) in [6.07, 6.45) is -2.10. The van der Waals surface area contributed by atoms with E-state index in [2.05, 4.69) is 0 Å². The number of nitrogens with zero attached hydrogens (tertiary/aromatic N) is 1. The molecule has 0 bridgehead atoms. The second-order valence-corrected chi connectivity index (χ2v) is 12.6. The van der Waals surface area contributed by atoms with Crippen LogP contribution in [0.25, 0.3) is 11.1 Å². The summed E-state index contributed by atoms with van der Waals surface area (Å²) in [6, 6.07) is 15.2. The number of hydrogen-bond acceptors (Lipinski definition) is 3. The molecule has 1 heterocycles. The molecule has 0 aromatic heterocycles. The lowest BCUT2D eigenvalue weighted by Crippen LogP contribution is -2.34. The van der Waals surface area contributed by atoms with Crippen LogP contribution in [0.15, 0.2) is 65.6 Å². The number of benzene rings is 3. The molecule has 1 aliphatic heterocycles. The molecule has 38 heavy (non-hydrogen) atoms. The van der Waals surface area contributed by atoms with Crippen molar-refractivity contribution in [2.45, 2.75) is 61.9 Å². The van der Waals surface area contributed by atoms with Gasteiger partial charge in [0.05, 0.1) is 22.6 Å². The molecule has 0 radical (unpaired) electrons. The normalized spacial score (nSPS) is 18.7. The Morgan fingerprint density at radius 3 is 2.37 bits per heavy atom. The number of rotatable bonds is 5. The van der Waals surface area contributed by atoms with Gasteiger partial charge in [0.2, 0.25) is 0 Å². The zero-order valence-corrected chi connectivity index (χ0v) is 21.9. The molecule has 2 aliphatic rings.